The maximum absolute atomic E-state index is 11.4. The van der Waals surface area contributed by atoms with Gasteiger partial charge in [0.25, 0.3) is 0 Å². The predicted molar refractivity (Wildman–Crippen MR) is 58.0 cm³/mol. The van der Waals surface area contributed by atoms with Crippen molar-refractivity contribution in [2.24, 2.45) is 11.8 Å². The Bertz CT molecular complexity index is 267. The Labute approximate surface area is 90.8 Å². The minimum atomic E-state index is -0.683. The largest absolute Gasteiger partial charge is 0.370 e. The van der Waals surface area contributed by atoms with Crippen molar-refractivity contribution in [1.82, 2.24) is 4.90 Å². The van der Waals surface area contributed by atoms with Crippen molar-refractivity contribution >= 4 is 5.91 Å². The van der Waals surface area contributed by atoms with Crippen molar-refractivity contribution in [1.29, 1.82) is 0 Å². The Balaban J connectivity index is 1.84. The first-order chi connectivity index (χ1) is 7.16. The summed E-state index contributed by atoms with van der Waals surface area (Å²) in [5, 5.41) is 9.56. The Morgan fingerprint density at radius 2 is 2.07 bits per heavy atom. The molecule has 1 unspecified atom stereocenters. The molecule has 15 heavy (non-hydrogen) atoms. The molecule has 0 saturated heterocycles. The number of nitrogens with zero attached hydrogens (tertiary/aromatic N) is 1. The molecule has 0 aromatic rings. The van der Waals surface area contributed by atoms with Gasteiger partial charge in [-0.15, -0.1) is 0 Å². The maximum atomic E-state index is 11.4. The highest BCUT2D eigenvalue weighted by atomic mass is 16.3. The molecule has 0 radical (unpaired) electrons. The van der Waals surface area contributed by atoms with Gasteiger partial charge in [-0.1, -0.05) is 19.8 Å². The van der Waals surface area contributed by atoms with Crippen molar-refractivity contribution in [3.8, 4) is 0 Å². The molecule has 0 aromatic carbocycles. The third-order valence-corrected chi connectivity index (χ3v) is 3.60. The second-order valence-corrected chi connectivity index (χ2v) is 4.89. The normalized spacial score (nSPS) is 36.3. The van der Waals surface area contributed by atoms with Crippen molar-refractivity contribution in [2.45, 2.75) is 38.8 Å². The SMILES string of the molecule is CC1CCC(CN2C(=O)C=CC2O)CC1. The fourth-order valence-electron chi connectivity index (χ4n) is 2.49. The molecule has 1 aliphatic heterocycles. The molecule has 3 nitrogen and oxygen atoms in total. The predicted octanol–water partition coefficient (Wildman–Crippen LogP) is 1.53. The third kappa shape index (κ3) is 2.40. The number of aliphatic hydroxyl groups is 1. The Morgan fingerprint density at radius 3 is 2.60 bits per heavy atom. The van der Waals surface area contributed by atoms with Crippen LogP contribution in [0.3, 0.4) is 0 Å². The zero-order valence-corrected chi connectivity index (χ0v) is 9.22. The van der Waals surface area contributed by atoms with E-state index in [9.17, 15) is 9.90 Å². The highest BCUT2D eigenvalue weighted by molar-refractivity contribution is 5.90. The van der Waals surface area contributed by atoms with E-state index >= 15 is 0 Å². The number of amides is 1. The van der Waals surface area contributed by atoms with Gasteiger partial charge in [0.15, 0.2) is 0 Å². The van der Waals surface area contributed by atoms with Crippen LogP contribution in [0, 0.1) is 11.8 Å². The molecule has 1 fully saturated rings. The molecule has 3 heteroatoms. The lowest BCUT2D eigenvalue weighted by Gasteiger charge is -2.31. The van der Waals surface area contributed by atoms with Crippen LogP contribution in [-0.2, 0) is 4.79 Å². The van der Waals surface area contributed by atoms with Crippen LogP contribution in [0.1, 0.15) is 32.6 Å². The number of hydrogen-bond donors (Lipinski definition) is 1. The third-order valence-electron chi connectivity index (χ3n) is 3.60. The van der Waals surface area contributed by atoms with E-state index in [0.717, 1.165) is 12.5 Å². The average molecular weight is 209 g/mol. The van der Waals surface area contributed by atoms with Gasteiger partial charge in [-0.3, -0.25) is 4.79 Å². The van der Waals surface area contributed by atoms with Gasteiger partial charge in [-0.2, -0.15) is 0 Å². The smallest absolute Gasteiger partial charge is 0.248 e. The van der Waals surface area contributed by atoms with Crippen LogP contribution in [-0.4, -0.2) is 28.7 Å². The fraction of sp³-hybridized carbons (Fsp3) is 0.750. The summed E-state index contributed by atoms with van der Waals surface area (Å²) in [4.78, 5) is 13.0. The Kier molecular flexibility index (Phi) is 3.10. The first-order valence-electron chi connectivity index (χ1n) is 5.83. The van der Waals surface area contributed by atoms with Crippen molar-refractivity contribution < 1.29 is 9.90 Å². The maximum Gasteiger partial charge on any atom is 0.248 e. The molecule has 0 bridgehead atoms. The van der Waals surface area contributed by atoms with Gasteiger partial charge in [0.1, 0.15) is 6.23 Å². The second kappa shape index (κ2) is 4.35. The molecule has 2 rings (SSSR count). The molecule has 1 N–H and O–H groups in total. The van der Waals surface area contributed by atoms with Crippen LogP contribution in [0.15, 0.2) is 12.2 Å². The summed E-state index contributed by atoms with van der Waals surface area (Å²) < 4.78 is 0. The molecule has 1 amide bonds. The van der Waals surface area contributed by atoms with E-state index in [1.165, 1.54) is 31.8 Å². The fourth-order valence-corrected chi connectivity index (χ4v) is 2.49. The first-order valence-corrected chi connectivity index (χ1v) is 5.83. The second-order valence-electron chi connectivity index (χ2n) is 4.89. The van der Waals surface area contributed by atoms with Gasteiger partial charge in [0, 0.05) is 12.6 Å². The molecule has 84 valence electrons. The van der Waals surface area contributed by atoms with E-state index in [1.54, 1.807) is 11.0 Å². The van der Waals surface area contributed by atoms with Gasteiger partial charge in [0.05, 0.1) is 0 Å². The number of hydrogen-bond acceptors (Lipinski definition) is 2. The van der Waals surface area contributed by atoms with E-state index < -0.39 is 6.23 Å². The van der Waals surface area contributed by atoms with E-state index in [0.29, 0.717) is 5.92 Å². The molecule has 0 spiro atoms. The molecule has 0 aromatic heterocycles. The van der Waals surface area contributed by atoms with E-state index in [2.05, 4.69) is 6.92 Å². The minimum Gasteiger partial charge on any atom is -0.370 e. The van der Waals surface area contributed by atoms with Crippen molar-refractivity contribution in [3.63, 3.8) is 0 Å². The summed E-state index contributed by atoms with van der Waals surface area (Å²) in [7, 11) is 0. The van der Waals surface area contributed by atoms with Gasteiger partial charge in [-0.25, -0.2) is 0 Å². The van der Waals surface area contributed by atoms with E-state index in [-0.39, 0.29) is 5.91 Å². The summed E-state index contributed by atoms with van der Waals surface area (Å²) in [5.74, 6) is 1.37. The van der Waals surface area contributed by atoms with Crippen LogP contribution in [0.5, 0.6) is 0 Å². The zero-order valence-electron chi connectivity index (χ0n) is 9.22. The van der Waals surface area contributed by atoms with Gasteiger partial charge in [0.2, 0.25) is 5.91 Å². The number of carbonyl (C=O) groups is 1. The molecule has 1 saturated carbocycles. The van der Waals surface area contributed by atoms with Crippen LogP contribution in [0.25, 0.3) is 0 Å². The highest BCUT2D eigenvalue weighted by Gasteiger charge is 2.28. The monoisotopic (exact) mass is 209 g/mol. The lowest BCUT2D eigenvalue weighted by Crippen LogP contribution is -2.38. The standard InChI is InChI=1S/C12H19NO2/c1-9-2-4-10(5-3-9)8-13-11(14)6-7-12(13)15/h6-7,9-11,14H,2-5,8H2,1H3. The molecular formula is C12H19NO2. The molecular weight excluding hydrogens is 190 g/mol. The Hall–Kier alpha value is -0.830. The number of aliphatic hydroxyl groups excluding tert-OH is 1. The number of rotatable bonds is 2. The van der Waals surface area contributed by atoms with E-state index in [1.807, 2.05) is 0 Å². The Morgan fingerprint density at radius 1 is 1.40 bits per heavy atom. The van der Waals surface area contributed by atoms with Crippen LogP contribution in [0.2, 0.25) is 0 Å². The lowest BCUT2D eigenvalue weighted by atomic mass is 9.83. The number of carbonyl (C=O) groups excluding carboxylic acids is 1. The van der Waals surface area contributed by atoms with Crippen molar-refractivity contribution in [3.05, 3.63) is 12.2 Å². The summed E-state index contributed by atoms with van der Waals surface area (Å²) in [5.41, 5.74) is 0. The molecule has 2 aliphatic rings. The average Bonchev–Trinajstić information content (AvgIpc) is 2.53. The zero-order chi connectivity index (χ0) is 10.8. The van der Waals surface area contributed by atoms with Gasteiger partial charge < -0.3 is 10.0 Å². The minimum absolute atomic E-state index is 0.0406. The van der Waals surface area contributed by atoms with Gasteiger partial charge >= 0.3 is 0 Å². The summed E-state index contributed by atoms with van der Waals surface area (Å²) in [6.45, 7) is 3.01. The van der Waals surface area contributed by atoms with E-state index in [4.69, 9.17) is 0 Å². The van der Waals surface area contributed by atoms with Crippen LogP contribution < -0.4 is 0 Å². The summed E-state index contributed by atoms with van der Waals surface area (Å²) in [6, 6.07) is 0. The highest BCUT2D eigenvalue weighted by Crippen LogP contribution is 2.29. The topological polar surface area (TPSA) is 40.5 Å². The van der Waals surface area contributed by atoms with Crippen molar-refractivity contribution in [2.75, 3.05) is 6.54 Å². The molecule has 1 aliphatic carbocycles. The van der Waals surface area contributed by atoms with Crippen LogP contribution >= 0.6 is 0 Å². The van der Waals surface area contributed by atoms with Gasteiger partial charge in [-0.05, 0) is 30.8 Å². The first kappa shape index (κ1) is 10.7. The quantitative estimate of drug-likeness (QED) is 0.749. The lowest BCUT2D eigenvalue weighted by molar-refractivity contribution is -0.131. The van der Waals surface area contributed by atoms with Crippen LogP contribution in [0.4, 0.5) is 0 Å². The molecule has 1 atom stereocenters. The molecule has 1 heterocycles. The summed E-state index contributed by atoms with van der Waals surface area (Å²) in [6.07, 6.45) is 7.25. The summed E-state index contributed by atoms with van der Waals surface area (Å²) >= 11 is 0.